The number of Topliss-reactive ketones (excluding diaryl/α,β-unsaturated/α-hetero) is 1. The van der Waals surface area contributed by atoms with Crippen LogP contribution in [0.15, 0.2) is 0 Å². The Bertz CT molecular complexity index is 217. The zero-order valence-corrected chi connectivity index (χ0v) is 10.9. The highest BCUT2D eigenvalue weighted by Crippen LogP contribution is 2.39. The van der Waals surface area contributed by atoms with Crippen LogP contribution in [0.25, 0.3) is 0 Å². The van der Waals surface area contributed by atoms with E-state index in [0.29, 0.717) is 12.3 Å². The van der Waals surface area contributed by atoms with Gasteiger partial charge in [0, 0.05) is 18.4 Å². The highest BCUT2D eigenvalue weighted by Gasteiger charge is 2.38. The number of hydrogen-bond donors (Lipinski definition) is 1. The van der Waals surface area contributed by atoms with Crippen LogP contribution in [0.4, 0.5) is 0 Å². The van der Waals surface area contributed by atoms with Crippen molar-refractivity contribution in [2.75, 3.05) is 6.54 Å². The molecule has 0 bridgehead atoms. The van der Waals surface area contributed by atoms with Gasteiger partial charge in [0.05, 0.1) is 0 Å². The van der Waals surface area contributed by atoms with E-state index in [1.807, 2.05) is 0 Å². The molecule has 0 radical (unpaired) electrons. The number of unbranched alkanes of at least 4 members (excludes halogenated alkanes) is 2. The molecule has 2 nitrogen and oxygen atoms in total. The van der Waals surface area contributed by atoms with Crippen LogP contribution in [0, 0.1) is 11.3 Å². The van der Waals surface area contributed by atoms with Crippen LogP contribution in [-0.4, -0.2) is 12.3 Å². The topological polar surface area (TPSA) is 43.1 Å². The van der Waals surface area contributed by atoms with Crippen LogP contribution in [0.5, 0.6) is 0 Å². The van der Waals surface area contributed by atoms with E-state index >= 15 is 0 Å². The molecule has 0 aromatic carbocycles. The number of hydrogen-bond acceptors (Lipinski definition) is 2. The molecule has 1 rings (SSSR count). The van der Waals surface area contributed by atoms with Crippen LogP contribution in [0.1, 0.15) is 65.2 Å². The molecule has 1 aliphatic rings. The number of carbonyl (C=O) groups is 1. The largest absolute Gasteiger partial charge is 0.329 e. The maximum Gasteiger partial charge on any atom is 0.140 e. The summed E-state index contributed by atoms with van der Waals surface area (Å²) in [7, 11) is 0. The quantitative estimate of drug-likeness (QED) is 0.705. The maximum atomic E-state index is 12.3. The molecule has 16 heavy (non-hydrogen) atoms. The van der Waals surface area contributed by atoms with Crippen molar-refractivity contribution >= 4 is 5.78 Å². The molecule has 0 atom stereocenters. The van der Waals surface area contributed by atoms with Crippen molar-refractivity contribution in [3.63, 3.8) is 0 Å². The van der Waals surface area contributed by atoms with Crippen LogP contribution >= 0.6 is 0 Å². The molecule has 2 N–H and O–H groups in total. The van der Waals surface area contributed by atoms with E-state index in [1.165, 1.54) is 25.7 Å². The molecule has 94 valence electrons. The molecule has 0 aromatic heterocycles. The predicted molar refractivity (Wildman–Crippen MR) is 68.3 cm³/mol. The summed E-state index contributed by atoms with van der Waals surface area (Å²) in [5.74, 6) is 1.22. The summed E-state index contributed by atoms with van der Waals surface area (Å²) < 4.78 is 0. The standard InChI is InChI=1S/C14H27NO/c1-3-4-5-6-13(16)14(11-15)9-7-12(2)8-10-14/h12H,3-11,15H2,1-2H3. The Morgan fingerprint density at radius 1 is 1.31 bits per heavy atom. The average Bonchev–Trinajstić information content (AvgIpc) is 2.31. The second-order valence-corrected chi connectivity index (χ2v) is 5.55. The summed E-state index contributed by atoms with van der Waals surface area (Å²) in [5.41, 5.74) is 5.72. The van der Waals surface area contributed by atoms with Crippen LogP contribution in [-0.2, 0) is 4.79 Å². The van der Waals surface area contributed by atoms with Crippen molar-refractivity contribution in [1.82, 2.24) is 0 Å². The van der Waals surface area contributed by atoms with E-state index in [1.54, 1.807) is 0 Å². The van der Waals surface area contributed by atoms with E-state index in [4.69, 9.17) is 5.73 Å². The van der Waals surface area contributed by atoms with E-state index < -0.39 is 0 Å². The number of carbonyl (C=O) groups excluding carboxylic acids is 1. The predicted octanol–water partition coefficient (Wildman–Crippen LogP) is 3.29. The van der Waals surface area contributed by atoms with Gasteiger partial charge in [0.25, 0.3) is 0 Å². The second-order valence-electron chi connectivity index (χ2n) is 5.55. The molecule has 0 heterocycles. The van der Waals surface area contributed by atoms with Gasteiger partial charge in [0.15, 0.2) is 0 Å². The third-order valence-corrected chi connectivity index (χ3v) is 4.22. The maximum absolute atomic E-state index is 12.3. The van der Waals surface area contributed by atoms with Crippen molar-refractivity contribution in [3.05, 3.63) is 0 Å². The average molecular weight is 225 g/mol. The number of rotatable bonds is 6. The molecule has 1 saturated carbocycles. The van der Waals surface area contributed by atoms with E-state index in [-0.39, 0.29) is 5.41 Å². The first-order valence-corrected chi connectivity index (χ1v) is 6.88. The molecule has 0 spiro atoms. The summed E-state index contributed by atoms with van der Waals surface area (Å²) in [6, 6.07) is 0. The van der Waals surface area contributed by atoms with Crippen molar-refractivity contribution < 1.29 is 4.79 Å². The summed E-state index contributed by atoms with van der Waals surface area (Å²) in [5, 5.41) is 0. The van der Waals surface area contributed by atoms with Crippen molar-refractivity contribution in [2.45, 2.75) is 65.2 Å². The van der Waals surface area contributed by atoms with Gasteiger partial charge in [-0.3, -0.25) is 4.79 Å². The lowest BCUT2D eigenvalue weighted by atomic mass is 9.67. The van der Waals surface area contributed by atoms with Crippen LogP contribution < -0.4 is 5.73 Å². The van der Waals surface area contributed by atoms with Gasteiger partial charge in [-0.15, -0.1) is 0 Å². The van der Waals surface area contributed by atoms with Crippen molar-refractivity contribution in [1.29, 1.82) is 0 Å². The molecule has 0 amide bonds. The first-order valence-electron chi connectivity index (χ1n) is 6.88. The summed E-state index contributed by atoms with van der Waals surface area (Å²) in [6.45, 7) is 5.01. The fraction of sp³-hybridized carbons (Fsp3) is 0.929. The first-order chi connectivity index (χ1) is 7.64. The van der Waals surface area contributed by atoms with Crippen LogP contribution in [0.3, 0.4) is 0 Å². The van der Waals surface area contributed by atoms with E-state index in [0.717, 1.165) is 31.6 Å². The smallest absolute Gasteiger partial charge is 0.140 e. The van der Waals surface area contributed by atoms with Gasteiger partial charge in [0.2, 0.25) is 0 Å². The molecule has 0 unspecified atom stereocenters. The zero-order valence-electron chi connectivity index (χ0n) is 10.9. The zero-order chi connectivity index (χ0) is 12.0. The molecular weight excluding hydrogens is 198 g/mol. The monoisotopic (exact) mass is 225 g/mol. The Morgan fingerprint density at radius 2 is 1.94 bits per heavy atom. The van der Waals surface area contributed by atoms with Gasteiger partial charge >= 0.3 is 0 Å². The Kier molecular flexibility index (Phi) is 5.47. The third-order valence-electron chi connectivity index (χ3n) is 4.22. The van der Waals surface area contributed by atoms with Gasteiger partial charge in [-0.1, -0.05) is 26.7 Å². The van der Waals surface area contributed by atoms with E-state index in [2.05, 4.69) is 13.8 Å². The summed E-state index contributed by atoms with van der Waals surface area (Å²) >= 11 is 0. The molecule has 0 aromatic rings. The van der Waals surface area contributed by atoms with Gasteiger partial charge < -0.3 is 5.73 Å². The van der Waals surface area contributed by atoms with Gasteiger partial charge in [0.1, 0.15) is 5.78 Å². The number of nitrogens with two attached hydrogens (primary N) is 1. The molecule has 0 saturated heterocycles. The van der Waals surface area contributed by atoms with Gasteiger partial charge in [-0.2, -0.15) is 0 Å². The lowest BCUT2D eigenvalue weighted by molar-refractivity contribution is -0.130. The highest BCUT2D eigenvalue weighted by atomic mass is 16.1. The SMILES string of the molecule is CCCCCC(=O)C1(CN)CCC(C)CC1. The van der Waals surface area contributed by atoms with Gasteiger partial charge in [-0.25, -0.2) is 0 Å². The fourth-order valence-electron chi connectivity index (χ4n) is 2.71. The minimum Gasteiger partial charge on any atom is -0.329 e. The van der Waals surface area contributed by atoms with E-state index in [9.17, 15) is 4.79 Å². The van der Waals surface area contributed by atoms with Crippen molar-refractivity contribution in [3.8, 4) is 0 Å². The Labute approximate surface area is 100.0 Å². The fourth-order valence-corrected chi connectivity index (χ4v) is 2.71. The highest BCUT2D eigenvalue weighted by molar-refractivity contribution is 5.85. The van der Waals surface area contributed by atoms with Crippen LogP contribution in [0.2, 0.25) is 0 Å². The summed E-state index contributed by atoms with van der Waals surface area (Å²) in [4.78, 5) is 12.3. The lowest BCUT2D eigenvalue weighted by Gasteiger charge is -2.37. The Balaban J connectivity index is 2.48. The Hall–Kier alpha value is -0.370. The van der Waals surface area contributed by atoms with Crippen molar-refractivity contribution in [2.24, 2.45) is 17.1 Å². The molecule has 2 heteroatoms. The molecule has 1 fully saturated rings. The van der Waals surface area contributed by atoms with Gasteiger partial charge in [-0.05, 0) is 38.0 Å². The minimum atomic E-state index is -0.153. The normalized spacial score (nSPS) is 30.3. The molecule has 1 aliphatic carbocycles. The molecular formula is C14H27NO. The number of ketones is 1. The Morgan fingerprint density at radius 3 is 2.44 bits per heavy atom. The second kappa shape index (κ2) is 6.39. The molecule has 0 aliphatic heterocycles. The third kappa shape index (κ3) is 3.31. The first kappa shape index (κ1) is 13.7. The lowest BCUT2D eigenvalue weighted by Crippen LogP contribution is -2.41. The summed E-state index contributed by atoms with van der Waals surface area (Å²) in [6.07, 6.45) is 8.55. The minimum absolute atomic E-state index is 0.153.